The highest BCUT2D eigenvalue weighted by molar-refractivity contribution is 7.92. The van der Waals surface area contributed by atoms with Gasteiger partial charge >= 0.3 is 0 Å². The van der Waals surface area contributed by atoms with Crippen LogP contribution in [-0.4, -0.2) is 32.4 Å². The molecule has 0 aliphatic rings. The molecule has 1 aromatic heterocycles. The molecule has 27 heavy (non-hydrogen) atoms. The van der Waals surface area contributed by atoms with E-state index in [0.29, 0.717) is 28.6 Å². The lowest BCUT2D eigenvalue weighted by Crippen LogP contribution is -2.15. The molecular formula is C19H21N3O4S. The van der Waals surface area contributed by atoms with Gasteiger partial charge in [0.05, 0.1) is 37.0 Å². The molecule has 0 atom stereocenters. The molecule has 0 amide bonds. The smallest absolute Gasteiger partial charge is 0.265 e. The molecule has 0 saturated carbocycles. The number of hydrogen-bond donors (Lipinski definition) is 1. The average Bonchev–Trinajstić information content (AvgIpc) is 2.97. The van der Waals surface area contributed by atoms with Crippen LogP contribution in [0.4, 0.5) is 5.69 Å². The molecular weight excluding hydrogens is 366 g/mol. The molecule has 1 heterocycles. The van der Waals surface area contributed by atoms with E-state index in [1.54, 1.807) is 36.7 Å². The molecule has 0 bridgehead atoms. The van der Waals surface area contributed by atoms with Gasteiger partial charge in [0.25, 0.3) is 10.0 Å². The summed E-state index contributed by atoms with van der Waals surface area (Å²) in [6.45, 7) is 3.41. The van der Waals surface area contributed by atoms with Crippen LogP contribution in [0.5, 0.6) is 11.5 Å². The Morgan fingerprint density at radius 1 is 0.963 bits per heavy atom. The van der Waals surface area contributed by atoms with Gasteiger partial charge < -0.3 is 9.47 Å². The number of anilines is 1. The number of ether oxygens (including phenoxy) is 2. The number of benzene rings is 2. The third-order valence-electron chi connectivity index (χ3n) is 4.13. The van der Waals surface area contributed by atoms with Crippen LogP contribution in [0.25, 0.3) is 5.69 Å². The maximum atomic E-state index is 13.0. The second-order valence-corrected chi connectivity index (χ2v) is 7.54. The topological polar surface area (TPSA) is 82.5 Å². The first-order chi connectivity index (χ1) is 12.9. The van der Waals surface area contributed by atoms with Crippen molar-refractivity contribution in [2.75, 3.05) is 18.9 Å². The lowest BCUT2D eigenvalue weighted by molar-refractivity contribution is 0.355. The van der Waals surface area contributed by atoms with Crippen molar-refractivity contribution in [1.82, 2.24) is 9.78 Å². The van der Waals surface area contributed by atoms with Crippen LogP contribution in [0.1, 0.15) is 11.4 Å². The Bertz CT molecular complexity index is 1060. The predicted molar refractivity (Wildman–Crippen MR) is 103 cm³/mol. The molecule has 0 fully saturated rings. The fourth-order valence-corrected chi connectivity index (χ4v) is 4.39. The molecule has 0 spiro atoms. The number of aryl methyl sites for hydroxylation is 1. The molecule has 0 radical (unpaired) electrons. The van der Waals surface area contributed by atoms with Crippen molar-refractivity contribution in [2.45, 2.75) is 18.7 Å². The zero-order chi connectivity index (χ0) is 19.6. The number of hydrogen-bond acceptors (Lipinski definition) is 5. The Morgan fingerprint density at radius 2 is 1.63 bits per heavy atom. The molecule has 142 valence electrons. The van der Waals surface area contributed by atoms with Crippen LogP contribution in [0, 0.1) is 13.8 Å². The Morgan fingerprint density at radius 3 is 2.26 bits per heavy atom. The molecule has 3 rings (SSSR count). The molecule has 0 saturated heterocycles. The minimum Gasteiger partial charge on any atom is -0.493 e. The predicted octanol–water partition coefficient (Wildman–Crippen LogP) is 3.31. The summed E-state index contributed by atoms with van der Waals surface area (Å²) in [6.07, 6.45) is 0. The van der Waals surface area contributed by atoms with E-state index < -0.39 is 10.0 Å². The minimum atomic E-state index is -3.84. The third-order valence-corrected chi connectivity index (χ3v) is 5.76. The van der Waals surface area contributed by atoms with Gasteiger partial charge in [-0.15, -0.1) is 0 Å². The SMILES string of the molecule is COc1ccc(NS(=O)(=O)c2c(C)nn(-c3ccccc3)c2C)cc1OC. The van der Waals surface area contributed by atoms with Gasteiger partial charge in [0.1, 0.15) is 4.90 Å². The van der Waals surface area contributed by atoms with E-state index in [0.717, 1.165) is 5.69 Å². The van der Waals surface area contributed by atoms with E-state index >= 15 is 0 Å². The van der Waals surface area contributed by atoms with E-state index in [1.165, 1.54) is 14.2 Å². The van der Waals surface area contributed by atoms with Gasteiger partial charge in [-0.25, -0.2) is 13.1 Å². The van der Waals surface area contributed by atoms with Gasteiger partial charge in [-0.2, -0.15) is 5.10 Å². The number of methoxy groups -OCH3 is 2. The van der Waals surface area contributed by atoms with Gasteiger partial charge in [0, 0.05) is 6.07 Å². The first-order valence-corrected chi connectivity index (χ1v) is 9.72. The monoisotopic (exact) mass is 387 g/mol. The number of nitrogens with one attached hydrogen (secondary N) is 1. The second-order valence-electron chi connectivity index (χ2n) is 5.92. The summed E-state index contributed by atoms with van der Waals surface area (Å²) in [4.78, 5) is 0.154. The number of nitrogens with zero attached hydrogens (tertiary/aromatic N) is 2. The van der Waals surface area contributed by atoms with Gasteiger partial charge in [-0.3, -0.25) is 4.72 Å². The molecule has 3 aromatic rings. The Balaban J connectivity index is 2.00. The summed E-state index contributed by atoms with van der Waals surface area (Å²) < 4.78 is 40.6. The van der Waals surface area contributed by atoms with Crippen molar-refractivity contribution in [3.05, 3.63) is 59.9 Å². The summed E-state index contributed by atoms with van der Waals surface area (Å²) in [5.41, 5.74) is 2.13. The van der Waals surface area contributed by atoms with Crippen molar-refractivity contribution in [2.24, 2.45) is 0 Å². The van der Waals surface area contributed by atoms with Crippen LogP contribution in [0.2, 0.25) is 0 Å². The molecule has 1 N–H and O–H groups in total. The van der Waals surface area contributed by atoms with Crippen LogP contribution in [-0.2, 0) is 10.0 Å². The van der Waals surface area contributed by atoms with E-state index in [1.807, 2.05) is 30.3 Å². The zero-order valence-corrected chi connectivity index (χ0v) is 16.4. The molecule has 0 aliphatic heterocycles. The molecule has 0 unspecified atom stereocenters. The molecule has 8 heteroatoms. The van der Waals surface area contributed by atoms with E-state index in [-0.39, 0.29) is 4.90 Å². The van der Waals surface area contributed by atoms with Gasteiger partial charge in [0.2, 0.25) is 0 Å². The largest absolute Gasteiger partial charge is 0.493 e. The summed E-state index contributed by atoms with van der Waals surface area (Å²) in [6, 6.07) is 14.2. The molecule has 7 nitrogen and oxygen atoms in total. The molecule has 0 aliphatic carbocycles. The highest BCUT2D eigenvalue weighted by Gasteiger charge is 2.25. The summed E-state index contributed by atoms with van der Waals surface area (Å²) in [5, 5.41) is 4.40. The Hall–Kier alpha value is -3.00. The average molecular weight is 387 g/mol. The summed E-state index contributed by atoms with van der Waals surface area (Å²) >= 11 is 0. The highest BCUT2D eigenvalue weighted by atomic mass is 32.2. The summed E-state index contributed by atoms with van der Waals surface area (Å²) in [7, 11) is -0.822. The van der Waals surface area contributed by atoms with E-state index in [2.05, 4.69) is 9.82 Å². The van der Waals surface area contributed by atoms with Gasteiger partial charge in [-0.05, 0) is 38.1 Å². The van der Waals surface area contributed by atoms with E-state index in [4.69, 9.17) is 9.47 Å². The van der Waals surface area contributed by atoms with Crippen molar-refractivity contribution >= 4 is 15.7 Å². The van der Waals surface area contributed by atoms with Crippen molar-refractivity contribution < 1.29 is 17.9 Å². The van der Waals surface area contributed by atoms with Gasteiger partial charge in [-0.1, -0.05) is 18.2 Å². The van der Waals surface area contributed by atoms with Crippen molar-refractivity contribution in [1.29, 1.82) is 0 Å². The Labute approximate surface area is 158 Å². The van der Waals surface area contributed by atoms with Crippen LogP contribution >= 0.6 is 0 Å². The second kappa shape index (κ2) is 7.32. The maximum absolute atomic E-state index is 13.0. The number of sulfonamides is 1. The van der Waals surface area contributed by atoms with E-state index in [9.17, 15) is 8.42 Å². The first kappa shape index (κ1) is 18.8. The number of para-hydroxylation sites is 1. The lowest BCUT2D eigenvalue weighted by Gasteiger charge is -2.12. The normalized spacial score (nSPS) is 11.3. The van der Waals surface area contributed by atoms with Crippen LogP contribution in [0.3, 0.4) is 0 Å². The van der Waals surface area contributed by atoms with Crippen molar-refractivity contribution in [3.8, 4) is 17.2 Å². The zero-order valence-electron chi connectivity index (χ0n) is 15.6. The fourth-order valence-electron chi connectivity index (χ4n) is 2.94. The standard InChI is InChI=1S/C19H21N3O4S/c1-13-19(14(2)22(20-13)16-8-6-5-7-9-16)27(23,24)21-15-10-11-17(25-3)18(12-15)26-4/h5-12,21H,1-4H3. The van der Waals surface area contributed by atoms with Crippen molar-refractivity contribution in [3.63, 3.8) is 0 Å². The third kappa shape index (κ3) is 3.61. The molecule has 2 aromatic carbocycles. The van der Waals surface area contributed by atoms with Gasteiger partial charge in [0.15, 0.2) is 11.5 Å². The van der Waals surface area contributed by atoms with Crippen LogP contribution in [0.15, 0.2) is 53.4 Å². The van der Waals surface area contributed by atoms with Crippen LogP contribution < -0.4 is 14.2 Å². The first-order valence-electron chi connectivity index (χ1n) is 8.24. The highest BCUT2D eigenvalue weighted by Crippen LogP contribution is 2.31. The lowest BCUT2D eigenvalue weighted by atomic mass is 10.3. The maximum Gasteiger partial charge on any atom is 0.265 e. The summed E-state index contributed by atoms with van der Waals surface area (Å²) in [5.74, 6) is 0.954. The number of rotatable bonds is 6. The quantitative estimate of drug-likeness (QED) is 0.702. The minimum absolute atomic E-state index is 0.154. The number of aromatic nitrogens is 2. The Kier molecular flexibility index (Phi) is 5.09. The fraction of sp³-hybridized carbons (Fsp3) is 0.211.